The Bertz CT molecular complexity index is 622. The van der Waals surface area contributed by atoms with Crippen molar-refractivity contribution in [1.29, 1.82) is 0 Å². The fourth-order valence-electron chi connectivity index (χ4n) is 3.80. The van der Waals surface area contributed by atoms with E-state index in [0.717, 1.165) is 32.1 Å². The van der Waals surface area contributed by atoms with Crippen molar-refractivity contribution in [3.05, 3.63) is 71.8 Å². The van der Waals surface area contributed by atoms with Crippen molar-refractivity contribution in [1.82, 2.24) is 0 Å². The van der Waals surface area contributed by atoms with E-state index in [4.69, 9.17) is 0 Å². The summed E-state index contributed by atoms with van der Waals surface area (Å²) >= 11 is 0. The summed E-state index contributed by atoms with van der Waals surface area (Å²) in [6.07, 6.45) is 5.88. The number of carbonyl (C=O) groups excluding carboxylic acids is 1. The number of carbonyl (C=O) groups is 1. The minimum atomic E-state index is -0.111. The zero-order chi connectivity index (χ0) is 16.1. The largest absolute Gasteiger partial charge is 0.299 e. The SMILES string of the molecule is CC1(C(=O)CCc2ccccc2)CCC(c2ccccc2)CC1. The molecule has 0 aromatic heterocycles. The lowest BCUT2D eigenvalue weighted by Gasteiger charge is -2.36. The van der Waals surface area contributed by atoms with Crippen molar-refractivity contribution in [2.45, 2.75) is 51.4 Å². The average Bonchev–Trinajstić information content (AvgIpc) is 2.62. The van der Waals surface area contributed by atoms with E-state index in [0.29, 0.717) is 18.1 Å². The van der Waals surface area contributed by atoms with Crippen LogP contribution >= 0.6 is 0 Å². The maximum absolute atomic E-state index is 12.7. The fraction of sp³-hybridized carbons (Fsp3) is 0.409. The molecule has 2 aromatic carbocycles. The Kier molecular flexibility index (Phi) is 4.95. The summed E-state index contributed by atoms with van der Waals surface area (Å²) < 4.78 is 0. The Balaban J connectivity index is 1.55. The van der Waals surface area contributed by atoms with Crippen molar-refractivity contribution in [2.24, 2.45) is 5.41 Å². The number of aryl methyl sites for hydroxylation is 1. The van der Waals surface area contributed by atoms with Crippen molar-refractivity contribution in [3.63, 3.8) is 0 Å². The molecule has 1 saturated carbocycles. The fourth-order valence-corrected chi connectivity index (χ4v) is 3.80. The Labute approximate surface area is 139 Å². The Hall–Kier alpha value is -1.89. The number of ketones is 1. The molecule has 120 valence electrons. The van der Waals surface area contributed by atoms with Crippen molar-refractivity contribution in [3.8, 4) is 0 Å². The topological polar surface area (TPSA) is 17.1 Å². The zero-order valence-electron chi connectivity index (χ0n) is 14.0. The first kappa shape index (κ1) is 16.0. The highest BCUT2D eigenvalue weighted by molar-refractivity contribution is 5.84. The molecule has 1 heteroatoms. The summed E-state index contributed by atoms with van der Waals surface area (Å²) in [7, 11) is 0. The van der Waals surface area contributed by atoms with Gasteiger partial charge in [0.1, 0.15) is 5.78 Å². The van der Waals surface area contributed by atoms with Gasteiger partial charge in [0.15, 0.2) is 0 Å². The Morgan fingerprint density at radius 3 is 2.13 bits per heavy atom. The number of Topliss-reactive ketones (excluding diaryl/α,β-unsaturated/α-hetero) is 1. The second kappa shape index (κ2) is 7.12. The molecule has 0 heterocycles. The quantitative estimate of drug-likeness (QED) is 0.707. The molecular weight excluding hydrogens is 280 g/mol. The van der Waals surface area contributed by atoms with Gasteiger partial charge in [-0.15, -0.1) is 0 Å². The van der Waals surface area contributed by atoms with Crippen LogP contribution in [0.4, 0.5) is 0 Å². The first-order valence-corrected chi connectivity index (χ1v) is 8.79. The molecule has 1 nitrogen and oxygen atoms in total. The van der Waals surface area contributed by atoms with E-state index < -0.39 is 0 Å². The van der Waals surface area contributed by atoms with E-state index in [2.05, 4.69) is 49.4 Å². The predicted molar refractivity (Wildman–Crippen MR) is 95.5 cm³/mol. The van der Waals surface area contributed by atoms with Crippen molar-refractivity contribution < 1.29 is 4.79 Å². The Morgan fingerprint density at radius 1 is 0.957 bits per heavy atom. The van der Waals surface area contributed by atoms with Crippen LogP contribution in [0.2, 0.25) is 0 Å². The summed E-state index contributed by atoms with van der Waals surface area (Å²) in [5.41, 5.74) is 2.59. The van der Waals surface area contributed by atoms with E-state index in [1.54, 1.807) is 0 Å². The second-order valence-electron chi connectivity index (χ2n) is 7.15. The number of hydrogen-bond acceptors (Lipinski definition) is 1. The van der Waals surface area contributed by atoms with E-state index in [-0.39, 0.29) is 5.41 Å². The summed E-state index contributed by atoms with van der Waals surface area (Å²) in [5, 5.41) is 0. The summed E-state index contributed by atoms with van der Waals surface area (Å²) in [5.74, 6) is 1.08. The molecule has 23 heavy (non-hydrogen) atoms. The standard InChI is InChI=1S/C22H26O/c1-22(21(23)13-12-18-8-4-2-5-9-18)16-14-20(15-17-22)19-10-6-3-7-11-19/h2-11,20H,12-17H2,1H3. The van der Waals surface area contributed by atoms with Crippen molar-refractivity contribution >= 4 is 5.78 Å². The second-order valence-corrected chi connectivity index (χ2v) is 7.15. The van der Waals surface area contributed by atoms with Gasteiger partial charge in [-0.2, -0.15) is 0 Å². The van der Waals surface area contributed by atoms with Gasteiger partial charge in [0.25, 0.3) is 0 Å². The summed E-state index contributed by atoms with van der Waals surface area (Å²) in [4.78, 5) is 12.7. The van der Waals surface area contributed by atoms with E-state index in [9.17, 15) is 4.79 Å². The zero-order valence-corrected chi connectivity index (χ0v) is 14.0. The monoisotopic (exact) mass is 306 g/mol. The van der Waals surface area contributed by atoms with Crippen LogP contribution in [-0.4, -0.2) is 5.78 Å². The van der Waals surface area contributed by atoms with Gasteiger partial charge in [0.2, 0.25) is 0 Å². The van der Waals surface area contributed by atoms with Gasteiger partial charge in [-0.05, 0) is 49.1 Å². The molecule has 1 aliphatic rings. The molecule has 0 N–H and O–H groups in total. The molecule has 0 amide bonds. The highest BCUT2D eigenvalue weighted by Crippen LogP contribution is 2.44. The van der Waals surface area contributed by atoms with Gasteiger partial charge in [-0.1, -0.05) is 67.6 Å². The molecule has 0 saturated heterocycles. The first-order chi connectivity index (χ1) is 11.2. The van der Waals surface area contributed by atoms with Crippen LogP contribution in [0.3, 0.4) is 0 Å². The highest BCUT2D eigenvalue weighted by atomic mass is 16.1. The van der Waals surface area contributed by atoms with Crippen LogP contribution < -0.4 is 0 Å². The molecule has 2 aromatic rings. The van der Waals surface area contributed by atoms with Crippen LogP contribution in [-0.2, 0) is 11.2 Å². The van der Waals surface area contributed by atoms with E-state index >= 15 is 0 Å². The molecule has 0 aliphatic heterocycles. The highest BCUT2D eigenvalue weighted by Gasteiger charge is 2.36. The lowest BCUT2D eigenvalue weighted by Crippen LogP contribution is -2.32. The van der Waals surface area contributed by atoms with Crippen LogP contribution in [0, 0.1) is 5.41 Å². The molecule has 1 fully saturated rings. The number of rotatable bonds is 5. The van der Waals surface area contributed by atoms with Crippen LogP contribution in [0.1, 0.15) is 56.1 Å². The predicted octanol–water partition coefficient (Wildman–Crippen LogP) is 5.55. The molecule has 1 aliphatic carbocycles. The van der Waals surface area contributed by atoms with Crippen molar-refractivity contribution in [2.75, 3.05) is 0 Å². The number of hydrogen-bond donors (Lipinski definition) is 0. The first-order valence-electron chi connectivity index (χ1n) is 8.79. The lowest BCUT2D eigenvalue weighted by molar-refractivity contribution is -0.129. The third-order valence-electron chi connectivity index (χ3n) is 5.52. The van der Waals surface area contributed by atoms with Gasteiger partial charge in [-0.3, -0.25) is 4.79 Å². The van der Waals surface area contributed by atoms with Gasteiger partial charge in [-0.25, -0.2) is 0 Å². The number of benzene rings is 2. The third-order valence-corrected chi connectivity index (χ3v) is 5.52. The van der Waals surface area contributed by atoms with E-state index in [1.807, 2.05) is 18.2 Å². The summed E-state index contributed by atoms with van der Waals surface area (Å²) in [6.45, 7) is 2.18. The maximum atomic E-state index is 12.7. The molecular formula is C22H26O. The Morgan fingerprint density at radius 2 is 1.52 bits per heavy atom. The minimum absolute atomic E-state index is 0.111. The molecule has 3 rings (SSSR count). The van der Waals surface area contributed by atoms with Crippen LogP contribution in [0.15, 0.2) is 60.7 Å². The van der Waals surface area contributed by atoms with Gasteiger partial charge < -0.3 is 0 Å². The van der Waals surface area contributed by atoms with Gasteiger partial charge in [0.05, 0.1) is 0 Å². The summed E-state index contributed by atoms with van der Waals surface area (Å²) in [6, 6.07) is 21.1. The smallest absolute Gasteiger partial charge is 0.139 e. The minimum Gasteiger partial charge on any atom is -0.299 e. The normalized spacial score (nSPS) is 24.3. The molecule has 0 radical (unpaired) electrons. The van der Waals surface area contributed by atoms with Gasteiger partial charge in [0, 0.05) is 11.8 Å². The lowest BCUT2D eigenvalue weighted by atomic mass is 9.67. The average molecular weight is 306 g/mol. The molecule has 0 bridgehead atoms. The van der Waals surface area contributed by atoms with Gasteiger partial charge >= 0.3 is 0 Å². The van der Waals surface area contributed by atoms with Crippen LogP contribution in [0.25, 0.3) is 0 Å². The van der Waals surface area contributed by atoms with E-state index in [1.165, 1.54) is 11.1 Å². The maximum Gasteiger partial charge on any atom is 0.139 e. The van der Waals surface area contributed by atoms with Crippen LogP contribution in [0.5, 0.6) is 0 Å². The molecule has 0 atom stereocenters. The molecule has 0 unspecified atom stereocenters. The molecule has 0 spiro atoms. The third kappa shape index (κ3) is 3.90.